The van der Waals surface area contributed by atoms with Gasteiger partial charge in [-0.05, 0) is 37.2 Å². The molecule has 0 spiro atoms. The van der Waals surface area contributed by atoms with Gasteiger partial charge in [0, 0.05) is 6.54 Å². The van der Waals surface area contributed by atoms with Crippen LogP contribution in [-0.2, 0) is 6.54 Å². The molecule has 0 radical (unpaired) electrons. The van der Waals surface area contributed by atoms with E-state index in [0.29, 0.717) is 16.9 Å². The molecule has 0 bridgehead atoms. The van der Waals surface area contributed by atoms with Crippen LogP contribution < -0.4 is 0 Å². The molecule has 18 heavy (non-hydrogen) atoms. The summed E-state index contributed by atoms with van der Waals surface area (Å²) in [5.74, 6) is -1.02. The number of hydrogen-bond donors (Lipinski definition) is 1. The summed E-state index contributed by atoms with van der Waals surface area (Å²) in [5, 5.41) is 6.51. The quantitative estimate of drug-likeness (QED) is 0.864. The number of H-pyrrole nitrogens is 1. The van der Waals surface area contributed by atoms with Crippen LogP contribution in [0.15, 0.2) is 12.1 Å². The second-order valence-electron chi connectivity index (χ2n) is 4.06. The van der Waals surface area contributed by atoms with Crippen LogP contribution in [-0.4, -0.2) is 14.8 Å². The first-order chi connectivity index (χ1) is 8.56. The largest absolute Gasteiger partial charge is 0.300 e. The molecule has 2 aromatic rings. The van der Waals surface area contributed by atoms with Crippen LogP contribution in [0.25, 0.3) is 11.4 Å². The van der Waals surface area contributed by atoms with Crippen molar-refractivity contribution < 1.29 is 8.78 Å². The van der Waals surface area contributed by atoms with Gasteiger partial charge in [0.15, 0.2) is 10.6 Å². The molecular weight excluding hydrogens is 256 g/mol. The SMILES string of the molecule is CCCn1c(-c2c(F)ccc(C)c2F)n[nH]c1=S. The fourth-order valence-electron chi connectivity index (χ4n) is 1.80. The van der Waals surface area contributed by atoms with Gasteiger partial charge in [-0.3, -0.25) is 5.10 Å². The summed E-state index contributed by atoms with van der Waals surface area (Å²) in [6.45, 7) is 4.11. The number of hydrogen-bond acceptors (Lipinski definition) is 2. The molecule has 0 aliphatic heterocycles. The molecule has 0 saturated heterocycles. The summed E-state index contributed by atoms with van der Waals surface area (Å²) in [5.41, 5.74) is 0.249. The van der Waals surface area contributed by atoms with Gasteiger partial charge in [0.1, 0.15) is 11.6 Å². The number of aromatic nitrogens is 3. The van der Waals surface area contributed by atoms with Gasteiger partial charge in [0.05, 0.1) is 5.56 Å². The molecule has 1 aromatic carbocycles. The van der Waals surface area contributed by atoms with E-state index < -0.39 is 11.6 Å². The van der Waals surface area contributed by atoms with Crippen LogP contribution in [0.4, 0.5) is 8.78 Å². The number of rotatable bonds is 3. The van der Waals surface area contributed by atoms with E-state index >= 15 is 0 Å². The lowest BCUT2D eigenvalue weighted by Gasteiger charge is -2.08. The van der Waals surface area contributed by atoms with Crippen molar-refractivity contribution in [3.63, 3.8) is 0 Å². The zero-order chi connectivity index (χ0) is 13.3. The van der Waals surface area contributed by atoms with Gasteiger partial charge >= 0.3 is 0 Å². The number of halogens is 2. The first-order valence-electron chi connectivity index (χ1n) is 5.66. The summed E-state index contributed by atoms with van der Waals surface area (Å²) in [6.07, 6.45) is 0.801. The summed E-state index contributed by atoms with van der Waals surface area (Å²) in [7, 11) is 0. The van der Waals surface area contributed by atoms with E-state index in [1.165, 1.54) is 12.1 Å². The van der Waals surface area contributed by atoms with Crippen molar-refractivity contribution in [3.8, 4) is 11.4 Å². The number of aromatic amines is 1. The second kappa shape index (κ2) is 4.97. The van der Waals surface area contributed by atoms with Crippen LogP contribution in [0.3, 0.4) is 0 Å². The molecule has 0 fully saturated rings. The molecule has 0 aliphatic rings. The summed E-state index contributed by atoms with van der Waals surface area (Å²) in [6, 6.07) is 2.64. The van der Waals surface area contributed by atoms with E-state index in [2.05, 4.69) is 10.2 Å². The minimum Gasteiger partial charge on any atom is -0.300 e. The fraction of sp³-hybridized carbons (Fsp3) is 0.333. The first kappa shape index (κ1) is 12.9. The Bertz CT molecular complexity index is 631. The lowest BCUT2D eigenvalue weighted by molar-refractivity contribution is 0.576. The number of aryl methyl sites for hydroxylation is 1. The Morgan fingerprint density at radius 3 is 2.78 bits per heavy atom. The van der Waals surface area contributed by atoms with Gasteiger partial charge in [0.2, 0.25) is 0 Å². The molecule has 1 aromatic heterocycles. The maximum absolute atomic E-state index is 14.0. The maximum atomic E-state index is 14.0. The molecule has 0 amide bonds. The molecule has 2 rings (SSSR count). The highest BCUT2D eigenvalue weighted by atomic mass is 32.1. The van der Waals surface area contributed by atoms with Crippen molar-refractivity contribution in [3.05, 3.63) is 34.1 Å². The molecule has 3 nitrogen and oxygen atoms in total. The molecule has 6 heteroatoms. The van der Waals surface area contributed by atoms with Crippen molar-refractivity contribution in [1.82, 2.24) is 14.8 Å². The number of nitrogens with one attached hydrogen (secondary N) is 1. The van der Waals surface area contributed by atoms with Crippen LogP contribution in [0.2, 0.25) is 0 Å². The Hall–Kier alpha value is -1.56. The van der Waals surface area contributed by atoms with E-state index in [1.807, 2.05) is 6.92 Å². The van der Waals surface area contributed by atoms with Crippen LogP contribution in [0.5, 0.6) is 0 Å². The predicted molar refractivity (Wildman–Crippen MR) is 67.8 cm³/mol. The van der Waals surface area contributed by atoms with E-state index in [4.69, 9.17) is 12.2 Å². The fourth-order valence-corrected chi connectivity index (χ4v) is 2.02. The Morgan fingerprint density at radius 1 is 1.39 bits per heavy atom. The van der Waals surface area contributed by atoms with E-state index in [9.17, 15) is 8.78 Å². The van der Waals surface area contributed by atoms with Crippen molar-refractivity contribution in [2.24, 2.45) is 0 Å². The van der Waals surface area contributed by atoms with Gasteiger partial charge in [0.25, 0.3) is 0 Å². The van der Waals surface area contributed by atoms with Crippen molar-refractivity contribution in [2.45, 2.75) is 26.8 Å². The second-order valence-corrected chi connectivity index (χ2v) is 4.44. The lowest BCUT2D eigenvalue weighted by atomic mass is 10.1. The van der Waals surface area contributed by atoms with E-state index in [0.717, 1.165) is 6.42 Å². The van der Waals surface area contributed by atoms with Crippen LogP contribution in [0, 0.1) is 23.3 Å². The Morgan fingerprint density at radius 2 is 2.11 bits per heavy atom. The minimum absolute atomic E-state index is 0.129. The predicted octanol–water partition coefficient (Wildman–Crippen LogP) is 3.60. The number of nitrogens with zero attached hydrogens (tertiary/aromatic N) is 2. The Balaban J connectivity index is 2.69. The van der Waals surface area contributed by atoms with E-state index in [-0.39, 0.29) is 11.4 Å². The van der Waals surface area contributed by atoms with Gasteiger partial charge in [-0.15, -0.1) is 0 Å². The first-order valence-corrected chi connectivity index (χ1v) is 6.07. The zero-order valence-electron chi connectivity index (χ0n) is 10.1. The average Bonchev–Trinajstić information content (AvgIpc) is 2.68. The Labute approximate surface area is 108 Å². The van der Waals surface area contributed by atoms with Crippen molar-refractivity contribution in [2.75, 3.05) is 0 Å². The molecule has 1 heterocycles. The lowest BCUT2D eigenvalue weighted by Crippen LogP contribution is -2.03. The van der Waals surface area contributed by atoms with Gasteiger partial charge in [-0.2, -0.15) is 5.10 Å². The highest BCUT2D eigenvalue weighted by Gasteiger charge is 2.19. The third-order valence-corrected chi connectivity index (χ3v) is 3.02. The van der Waals surface area contributed by atoms with Crippen LogP contribution in [0.1, 0.15) is 18.9 Å². The normalized spacial score (nSPS) is 10.9. The Kier molecular flexibility index (Phi) is 3.56. The highest BCUT2D eigenvalue weighted by Crippen LogP contribution is 2.26. The van der Waals surface area contributed by atoms with Gasteiger partial charge in [-0.25, -0.2) is 8.78 Å². The smallest absolute Gasteiger partial charge is 0.195 e. The third-order valence-electron chi connectivity index (χ3n) is 2.71. The number of benzene rings is 1. The zero-order valence-corrected chi connectivity index (χ0v) is 10.9. The molecule has 1 N–H and O–H groups in total. The summed E-state index contributed by atoms with van der Waals surface area (Å²) >= 11 is 5.06. The molecular formula is C12H13F2N3S. The monoisotopic (exact) mass is 269 g/mol. The van der Waals surface area contributed by atoms with Crippen molar-refractivity contribution >= 4 is 12.2 Å². The molecule has 0 atom stereocenters. The van der Waals surface area contributed by atoms with E-state index in [1.54, 1.807) is 11.5 Å². The van der Waals surface area contributed by atoms with Crippen LogP contribution >= 0.6 is 12.2 Å². The van der Waals surface area contributed by atoms with Gasteiger partial charge < -0.3 is 4.57 Å². The average molecular weight is 269 g/mol. The topological polar surface area (TPSA) is 33.6 Å². The summed E-state index contributed by atoms with van der Waals surface area (Å²) < 4.78 is 29.8. The molecule has 0 saturated carbocycles. The molecule has 0 aliphatic carbocycles. The molecule has 96 valence electrons. The minimum atomic E-state index is -0.635. The third kappa shape index (κ3) is 2.08. The highest BCUT2D eigenvalue weighted by molar-refractivity contribution is 7.71. The maximum Gasteiger partial charge on any atom is 0.195 e. The summed E-state index contributed by atoms with van der Waals surface area (Å²) in [4.78, 5) is 0. The van der Waals surface area contributed by atoms with Crippen molar-refractivity contribution in [1.29, 1.82) is 0 Å². The van der Waals surface area contributed by atoms with Gasteiger partial charge in [-0.1, -0.05) is 13.0 Å². The molecule has 0 unspecified atom stereocenters. The standard InChI is InChI=1S/C12H13F2N3S/c1-3-6-17-11(15-16-12(17)18)9-8(13)5-4-7(2)10(9)14/h4-5H,3,6H2,1-2H3,(H,16,18).